The Hall–Kier alpha value is -5.18. The highest BCUT2D eigenvalue weighted by molar-refractivity contribution is 6.12. The molecule has 212 valence electrons. The van der Waals surface area contributed by atoms with Crippen LogP contribution in [0.15, 0.2) is 109 Å². The second-order valence-electron chi connectivity index (χ2n) is 11.2. The topological polar surface area (TPSA) is 113 Å². The Morgan fingerprint density at radius 1 is 0.535 bits per heavy atom. The highest BCUT2D eigenvalue weighted by atomic mass is 16.3. The molecule has 8 heteroatoms. The van der Waals surface area contributed by atoms with Crippen molar-refractivity contribution >= 4 is 45.0 Å². The number of anilines is 2. The Labute approximate surface area is 246 Å². The van der Waals surface area contributed by atoms with Crippen molar-refractivity contribution in [3.8, 4) is 0 Å². The number of H-pyrrole nitrogens is 2. The van der Waals surface area contributed by atoms with Crippen LogP contribution in [-0.4, -0.2) is 45.1 Å². The SMILES string of the molecule is O=C1N(CCCN2C(=O)C(O)(c3c[nH]c4ccccc34)c3ccccc32)c2ccccc2C1(O)c1c[nH]c2ccccc12. The normalized spacial score (nSPS) is 21.3. The van der Waals surface area contributed by atoms with Crippen LogP contribution in [0.2, 0.25) is 0 Å². The van der Waals surface area contributed by atoms with Crippen LogP contribution >= 0.6 is 0 Å². The van der Waals surface area contributed by atoms with Crippen LogP contribution in [0.25, 0.3) is 21.8 Å². The van der Waals surface area contributed by atoms with Crippen LogP contribution < -0.4 is 9.80 Å². The van der Waals surface area contributed by atoms with Crippen LogP contribution in [0.3, 0.4) is 0 Å². The second-order valence-corrected chi connectivity index (χ2v) is 11.2. The number of aromatic amines is 2. The third-order valence-electron chi connectivity index (χ3n) is 9.00. The van der Waals surface area contributed by atoms with Gasteiger partial charge in [0.25, 0.3) is 11.8 Å². The lowest BCUT2D eigenvalue weighted by Crippen LogP contribution is -2.44. The molecule has 0 saturated carbocycles. The Bertz CT molecular complexity index is 1930. The van der Waals surface area contributed by atoms with Gasteiger partial charge in [0, 0.05) is 69.5 Å². The molecule has 8 rings (SSSR count). The predicted octanol–water partition coefficient (Wildman–Crippen LogP) is 4.90. The molecule has 43 heavy (non-hydrogen) atoms. The quantitative estimate of drug-likeness (QED) is 0.229. The highest BCUT2D eigenvalue weighted by Crippen LogP contribution is 2.48. The van der Waals surface area contributed by atoms with Crippen molar-refractivity contribution in [1.29, 1.82) is 0 Å². The molecule has 8 nitrogen and oxygen atoms in total. The van der Waals surface area contributed by atoms with Crippen molar-refractivity contribution in [2.24, 2.45) is 0 Å². The molecule has 6 aromatic rings. The van der Waals surface area contributed by atoms with Gasteiger partial charge in [-0.25, -0.2) is 0 Å². The molecule has 2 amide bonds. The number of aromatic nitrogens is 2. The number of para-hydroxylation sites is 4. The van der Waals surface area contributed by atoms with Gasteiger partial charge in [-0.05, 0) is 30.7 Å². The van der Waals surface area contributed by atoms with Gasteiger partial charge in [-0.2, -0.15) is 0 Å². The number of aliphatic hydroxyl groups is 2. The van der Waals surface area contributed by atoms with Crippen molar-refractivity contribution < 1.29 is 19.8 Å². The lowest BCUT2D eigenvalue weighted by atomic mass is 9.87. The van der Waals surface area contributed by atoms with Gasteiger partial charge >= 0.3 is 0 Å². The number of hydrogen-bond acceptors (Lipinski definition) is 4. The Kier molecular flexibility index (Phi) is 5.44. The summed E-state index contributed by atoms with van der Waals surface area (Å²) < 4.78 is 0. The number of amides is 2. The highest BCUT2D eigenvalue weighted by Gasteiger charge is 2.53. The van der Waals surface area contributed by atoms with Gasteiger partial charge < -0.3 is 30.0 Å². The van der Waals surface area contributed by atoms with E-state index in [4.69, 9.17) is 0 Å². The molecule has 0 bridgehead atoms. The third kappa shape index (κ3) is 3.39. The summed E-state index contributed by atoms with van der Waals surface area (Å²) in [6.45, 7) is 0.552. The Morgan fingerprint density at radius 2 is 0.930 bits per heavy atom. The first-order chi connectivity index (χ1) is 20.9. The number of rotatable bonds is 6. The molecular formula is C35H28N4O4. The van der Waals surface area contributed by atoms with Crippen molar-refractivity contribution in [3.63, 3.8) is 0 Å². The molecule has 4 aromatic carbocycles. The first kappa shape index (κ1) is 25.5. The molecule has 2 aromatic heterocycles. The molecule has 0 fully saturated rings. The third-order valence-corrected chi connectivity index (χ3v) is 9.00. The number of carbonyl (C=O) groups excluding carboxylic acids is 2. The minimum Gasteiger partial charge on any atom is -0.372 e. The smallest absolute Gasteiger partial charge is 0.268 e. The summed E-state index contributed by atoms with van der Waals surface area (Å²) >= 11 is 0. The standard InChI is InChI=1S/C35H28N4O4/c40-32-34(42,26-20-36-28-14-5-1-10-22(26)28)24-12-3-7-16-30(24)38(32)18-9-19-39-31-17-8-4-13-25(31)35(43,33(39)41)27-21-37-29-15-6-2-11-23(27)29/h1-8,10-17,20-21,36-37,42-43H,9,18-19H2. The van der Waals surface area contributed by atoms with E-state index in [1.54, 1.807) is 34.3 Å². The molecule has 2 aliphatic heterocycles. The lowest BCUT2D eigenvalue weighted by Gasteiger charge is -2.25. The lowest BCUT2D eigenvalue weighted by molar-refractivity contribution is -0.132. The van der Waals surface area contributed by atoms with Gasteiger partial charge in [0.05, 0.1) is 11.4 Å². The fourth-order valence-electron chi connectivity index (χ4n) is 6.96. The summed E-state index contributed by atoms with van der Waals surface area (Å²) in [4.78, 5) is 37.6. The van der Waals surface area contributed by atoms with E-state index in [9.17, 15) is 19.8 Å². The van der Waals surface area contributed by atoms with E-state index < -0.39 is 23.0 Å². The molecule has 0 radical (unpaired) electrons. The zero-order chi connectivity index (χ0) is 29.3. The maximum absolute atomic E-state index is 14.0. The predicted molar refractivity (Wildman–Crippen MR) is 165 cm³/mol. The van der Waals surface area contributed by atoms with Gasteiger partial charge in [0.1, 0.15) is 0 Å². The average molecular weight is 569 g/mol. The van der Waals surface area contributed by atoms with Crippen LogP contribution in [-0.2, 0) is 20.8 Å². The summed E-state index contributed by atoms with van der Waals surface area (Å²) in [6, 6.07) is 29.8. The number of fused-ring (bicyclic) bond motifs is 4. The summed E-state index contributed by atoms with van der Waals surface area (Å²) in [6.07, 6.45) is 3.83. The van der Waals surface area contributed by atoms with E-state index in [1.807, 2.05) is 84.9 Å². The first-order valence-corrected chi connectivity index (χ1v) is 14.3. The van der Waals surface area contributed by atoms with Crippen LogP contribution in [0.5, 0.6) is 0 Å². The van der Waals surface area contributed by atoms with Gasteiger partial charge in [-0.3, -0.25) is 9.59 Å². The average Bonchev–Trinajstić information content (AvgIpc) is 3.78. The van der Waals surface area contributed by atoms with Crippen molar-refractivity contribution in [3.05, 3.63) is 132 Å². The molecule has 4 heterocycles. The molecule has 4 N–H and O–H groups in total. The zero-order valence-corrected chi connectivity index (χ0v) is 23.1. The number of hydrogen-bond donors (Lipinski definition) is 4. The van der Waals surface area contributed by atoms with Crippen molar-refractivity contribution in [2.75, 3.05) is 22.9 Å². The molecular weight excluding hydrogens is 540 g/mol. The summed E-state index contributed by atoms with van der Waals surface area (Å²) in [5, 5.41) is 25.7. The fraction of sp³-hybridized carbons (Fsp3) is 0.143. The Morgan fingerprint density at radius 3 is 1.40 bits per heavy atom. The van der Waals surface area contributed by atoms with E-state index in [1.165, 1.54) is 0 Å². The first-order valence-electron chi connectivity index (χ1n) is 14.3. The van der Waals surface area contributed by atoms with Gasteiger partial charge in [-0.1, -0.05) is 72.8 Å². The van der Waals surface area contributed by atoms with E-state index in [0.29, 0.717) is 40.0 Å². The monoisotopic (exact) mass is 568 g/mol. The summed E-state index contributed by atoms with van der Waals surface area (Å²) in [5.41, 5.74) is 1.34. The van der Waals surface area contributed by atoms with Crippen molar-refractivity contribution in [2.45, 2.75) is 17.6 Å². The van der Waals surface area contributed by atoms with Crippen LogP contribution in [0.1, 0.15) is 28.7 Å². The Balaban J connectivity index is 1.10. The molecule has 0 saturated heterocycles. The molecule has 0 aliphatic carbocycles. The summed E-state index contributed by atoms with van der Waals surface area (Å²) in [7, 11) is 0. The number of nitrogens with one attached hydrogen (secondary N) is 2. The minimum absolute atomic E-state index is 0.276. The van der Waals surface area contributed by atoms with E-state index in [2.05, 4.69) is 9.97 Å². The maximum Gasteiger partial charge on any atom is 0.268 e. The second kappa shape index (κ2) is 9.16. The number of benzene rings is 4. The number of carbonyl (C=O) groups is 2. The largest absolute Gasteiger partial charge is 0.372 e. The van der Waals surface area contributed by atoms with E-state index in [0.717, 1.165) is 21.8 Å². The molecule has 2 aliphatic rings. The van der Waals surface area contributed by atoms with Crippen LogP contribution in [0.4, 0.5) is 11.4 Å². The minimum atomic E-state index is -1.85. The van der Waals surface area contributed by atoms with Crippen molar-refractivity contribution in [1.82, 2.24) is 9.97 Å². The molecule has 2 unspecified atom stereocenters. The van der Waals surface area contributed by atoms with E-state index in [-0.39, 0.29) is 13.1 Å². The maximum atomic E-state index is 14.0. The molecule has 0 spiro atoms. The zero-order valence-electron chi connectivity index (χ0n) is 23.1. The fourth-order valence-corrected chi connectivity index (χ4v) is 6.96. The number of nitrogens with zero attached hydrogens (tertiary/aromatic N) is 2. The van der Waals surface area contributed by atoms with Gasteiger partial charge in [-0.15, -0.1) is 0 Å². The van der Waals surface area contributed by atoms with Crippen LogP contribution in [0, 0.1) is 0 Å². The summed E-state index contributed by atoms with van der Waals surface area (Å²) in [5.74, 6) is -0.858. The molecule has 2 atom stereocenters. The van der Waals surface area contributed by atoms with Gasteiger partial charge in [0.2, 0.25) is 0 Å². The van der Waals surface area contributed by atoms with Gasteiger partial charge in [0.15, 0.2) is 11.2 Å². The van der Waals surface area contributed by atoms with E-state index >= 15 is 0 Å².